The van der Waals surface area contributed by atoms with Crippen LogP contribution >= 0.6 is 12.6 Å². The number of hydrogen-bond acceptors (Lipinski definition) is 3. The number of rotatable bonds is 4. The van der Waals surface area contributed by atoms with Gasteiger partial charge in [0.2, 0.25) is 0 Å². The van der Waals surface area contributed by atoms with Gasteiger partial charge in [-0.3, -0.25) is 4.79 Å². The summed E-state index contributed by atoms with van der Waals surface area (Å²) in [4.78, 5) is 10.1. The summed E-state index contributed by atoms with van der Waals surface area (Å²) in [5.74, 6) is -0.0840. The van der Waals surface area contributed by atoms with E-state index in [1.807, 2.05) is 0 Å². The van der Waals surface area contributed by atoms with Crippen molar-refractivity contribution in [1.82, 2.24) is 0 Å². The van der Waals surface area contributed by atoms with Crippen LogP contribution in [0.1, 0.15) is 6.92 Å². The van der Waals surface area contributed by atoms with Crippen LogP contribution in [0, 0.1) is 0 Å². The molecule has 2 rings (SSSR count). The first-order valence-corrected chi connectivity index (χ1v) is 9.53. The Morgan fingerprint density at radius 3 is 1.75 bits per heavy atom. The van der Waals surface area contributed by atoms with E-state index in [2.05, 4.69) is 78.0 Å². The minimum absolute atomic E-state index is 0.174. The van der Waals surface area contributed by atoms with Gasteiger partial charge >= 0.3 is 95.3 Å². The molecule has 0 bridgehead atoms. The van der Waals surface area contributed by atoms with Gasteiger partial charge in [-0.2, -0.15) is 12.6 Å². The Hall–Kier alpha value is -0.922. The van der Waals surface area contributed by atoms with Crippen molar-refractivity contribution < 1.29 is 9.53 Å². The summed E-state index contributed by atoms with van der Waals surface area (Å²) in [5.41, 5.74) is 0. The van der Waals surface area contributed by atoms with Crippen LogP contribution in [0.3, 0.4) is 0 Å². The van der Waals surface area contributed by atoms with Crippen molar-refractivity contribution >= 4 is 47.2 Å². The predicted molar refractivity (Wildman–Crippen MR) is 88.4 cm³/mol. The van der Waals surface area contributed by atoms with Crippen molar-refractivity contribution in [3.05, 3.63) is 60.7 Å². The summed E-state index contributed by atoms with van der Waals surface area (Å²) in [6.07, 6.45) is 0. The minimum atomic E-state index is -0.335. The van der Waals surface area contributed by atoms with E-state index in [1.165, 1.54) is 7.02 Å². The molecule has 105 valence electrons. The Morgan fingerprint density at radius 2 is 1.45 bits per heavy atom. The van der Waals surface area contributed by atoms with E-state index in [9.17, 15) is 4.79 Å². The van der Waals surface area contributed by atoms with Gasteiger partial charge in [0.05, 0.1) is 12.4 Å². The van der Waals surface area contributed by atoms with Crippen molar-refractivity contribution in [2.24, 2.45) is 0 Å². The number of ether oxygens (including phenoxy) is 1. The van der Waals surface area contributed by atoms with E-state index >= 15 is 0 Å². The summed E-state index contributed by atoms with van der Waals surface area (Å²) in [7, 11) is 0. The van der Waals surface area contributed by atoms with Crippen LogP contribution in [0.4, 0.5) is 0 Å². The molecular weight excluding hydrogens is 378 g/mol. The van der Waals surface area contributed by atoms with Gasteiger partial charge in [-0.1, -0.05) is 0 Å². The molecule has 0 saturated heterocycles. The van der Waals surface area contributed by atoms with E-state index in [0.717, 1.165) is 0 Å². The van der Waals surface area contributed by atoms with Gasteiger partial charge in [-0.15, -0.1) is 0 Å². The van der Waals surface area contributed by atoms with Crippen LogP contribution in [-0.2, 0) is 9.53 Å². The Kier molecular flexibility index (Phi) is 9.27. The number of hydrogen-bond donors (Lipinski definition) is 1. The monoisotopic (exact) mass is 395 g/mol. The molecule has 0 N–H and O–H groups in total. The van der Waals surface area contributed by atoms with E-state index in [0.29, 0.717) is 6.61 Å². The van der Waals surface area contributed by atoms with Gasteiger partial charge in [-0.05, 0) is 6.92 Å². The number of benzene rings is 2. The van der Waals surface area contributed by atoms with E-state index in [4.69, 9.17) is 0 Å². The Morgan fingerprint density at radius 1 is 1.00 bits per heavy atom. The van der Waals surface area contributed by atoms with Crippen LogP contribution < -0.4 is 7.02 Å². The van der Waals surface area contributed by atoms with Crippen molar-refractivity contribution in [3.8, 4) is 0 Å². The predicted octanol–water partition coefficient (Wildman–Crippen LogP) is 1.82. The van der Waals surface area contributed by atoms with Gasteiger partial charge in [0, 0.05) is 0 Å². The van der Waals surface area contributed by atoms with Gasteiger partial charge in [0.1, 0.15) is 0 Å². The summed E-state index contributed by atoms with van der Waals surface area (Å²) in [6.45, 7) is 2.21. The zero-order valence-corrected chi connectivity index (χ0v) is 14.8. The van der Waals surface area contributed by atoms with Crippen LogP contribution in [0.25, 0.3) is 0 Å². The molecule has 0 amide bonds. The van der Waals surface area contributed by atoms with Crippen LogP contribution in [0.5, 0.6) is 0 Å². The zero-order valence-electron chi connectivity index (χ0n) is 11.4. The summed E-state index contributed by atoms with van der Waals surface area (Å²) in [6, 6.07) is 21.5. The molecule has 2 aromatic carbocycles. The topological polar surface area (TPSA) is 26.3 Å². The molecule has 0 aliphatic rings. The van der Waals surface area contributed by atoms with Gasteiger partial charge in [-0.25, -0.2) is 0 Å². The van der Waals surface area contributed by atoms with Crippen molar-refractivity contribution in [2.75, 3.05) is 12.4 Å². The second-order valence-corrected chi connectivity index (χ2v) is 7.65. The Balaban J connectivity index is 0.000000246. The Bertz CT molecular complexity index is 451. The van der Waals surface area contributed by atoms with Gasteiger partial charge in [0.15, 0.2) is 0 Å². The molecule has 0 saturated carbocycles. The fourth-order valence-electron chi connectivity index (χ4n) is 1.36. The molecule has 2 aromatic rings. The maximum atomic E-state index is 10.1. The third-order valence-electron chi connectivity index (χ3n) is 2.21. The van der Waals surface area contributed by atoms with Crippen LogP contribution in [0.15, 0.2) is 60.7 Å². The fraction of sp³-hybridized carbons (Fsp3) is 0.188. The fourth-order valence-corrected chi connectivity index (χ4v) is 4.14. The second kappa shape index (κ2) is 10.8. The van der Waals surface area contributed by atoms with E-state index in [1.54, 1.807) is 6.92 Å². The SMILES string of the molecule is CCOC(=O)CS.c1cc[c]([Sb][c]2ccccc2)cc1. The molecule has 20 heavy (non-hydrogen) atoms. The Labute approximate surface area is 136 Å². The van der Waals surface area contributed by atoms with Crippen molar-refractivity contribution in [1.29, 1.82) is 0 Å². The molecule has 0 spiro atoms. The molecule has 0 atom stereocenters. The molecule has 2 nitrogen and oxygen atoms in total. The summed E-state index contributed by atoms with van der Waals surface area (Å²) < 4.78 is 7.51. The standard InChI is InChI=1S/2C6H5.C4H8O2S.Sb/c2*1-2-4-6-5-3-1;1-2-6-4(5)3-7;/h2*1-5H;7H,2-3H2,1H3;. The van der Waals surface area contributed by atoms with Crippen LogP contribution in [0.2, 0.25) is 0 Å². The molecule has 0 aliphatic heterocycles. The number of carbonyl (C=O) groups excluding carboxylic acids is 1. The maximum absolute atomic E-state index is 10.1. The molecule has 0 aromatic heterocycles. The first-order chi connectivity index (χ1) is 9.76. The first kappa shape index (κ1) is 17.1. The number of thiol groups is 1. The molecule has 0 fully saturated rings. The molecule has 0 aliphatic carbocycles. The zero-order chi connectivity index (χ0) is 14.6. The molecule has 0 unspecified atom stereocenters. The second-order valence-electron chi connectivity index (χ2n) is 3.75. The normalized spacial score (nSPS) is 9.30. The summed E-state index contributed by atoms with van der Waals surface area (Å²) >= 11 is 3.34. The van der Waals surface area contributed by atoms with E-state index in [-0.39, 0.29) is 33.3 Å². The average molecular weight is 396 g/mol. The third kappa shape index (κ3) is 7.61. The van der Waals surface area contributed by atoms with Crippen LogP contribution in [-0.4, -0.2) is 39.9 Å². The van der Waals surface area contributed by atoms with E-state index < -0.39 is 0 Å². The van der Waals surface area contributed by atoms with Crippen molar-refractivity contribution in [2.45, 2.75) is 6.92 Å². The molecule has 1 radical (unpaired) electrons. The third-order valence-corrected chi connectivity index (χ3v) is 5.64. The molecule has 0 heterocycles. The quantitative estimate of drug-likeness (QED) is 0.485. The first-order valence-electron chi connectivity index (χ1n) is 6.34. The molecular formula is C16H18O2SSb. The summed E-state index contributed by atoms with van der Waals surface area (Å²) in [5, 5.41) is 0. The average Bonchev–Trinajstić information content (AvgIpc) is 2.50. The number of esters is 1. The molecule has 4 heteroatoms. The van der Waals surface area contributed by atoms with Gasteiger partial charge in [0.25, 0.3) is 0 Å². The van der Waals surface area contributed by atoms with Crippen molar-refractivity contribution in [3.63, 3.8) is 0 Å². The van der Waals surface area contributed by atoms with Gasteiger partial charge < -0.3 is 4.74 Å². The number of carbonyl (C=O) groups is 1.